The number of aromatic amines is 1. The van der Waals surface area contributed by atoms with E-state index < -0.39 is 0 Å². The number of anilines is 1. The third-order valence-corrected chi connectivity index (χ3v) is 5.86. The Labute approximate surface area is 179 Å². The standard InChI is InChI=1S/C21H26N8O2/c1-13-12-31-9-7-27(13)19-10-18(20-14(2)26-28(6-8-30)15(20)3)29-21(24-19)16(11-23-29)17-4-5-22-25-17/h4-5,10-11,13,30H,6-9,12H2,1-3H3,(H,22,25)/t13-/m1/s1. The van der Waals surface area contributed by atoms with Crippen LogP contribution in [0.5, 0.6) is 0 Å². The molecule has 0 unspecified atom stereocenters. The number of H-pyrrole nitrogens is 1. The van der Waals surface area contributed by atoms with E-state index in [0.29, 0.717) is 19.8 Å². The van der Waals surface area contributed by atoms with Crippen LogP contribution in [0.4, 0.5) is 5.82 Å². The second kappa shape index (κ2) is 7.78. The Balaban J connectivity index is 1.76. The lowest BCUT2D eigenvalue weighted by atomic mass is 10.1. The number of hydrogen-bond acceptors (Lipinski definition) is 7. The summed E-state index contributed by atoms with van der Waals surface area (Å²) in [5.41, 5.74) is 6.30. The Kier molecular flexibility index (Phi) is 4.95. The molecular weight excluding hydrogens is 396 g/mol. The van der Waals surface area contributed by atoms with Crippen LogP contribution in [0, 0.1) is 13.8 Å². The molecule has 4 aromatic rings. The Morgan fingerprint density at radius 1 is 1.32 bits per heavy atom. The van der Waals surface area contributed by atoms with E-state index in [0.717, 1.165) is 51.9 Å². The number of nitrogens with one attached hydrogen (secondary N) is 1. The number of aliphatic hydroxyl groups is 1. The first-order valence-corrected chi connectivity index (χ1v) is 10.5. The molecule has 0 amide bonds. The summed E-state index contributed by atoms with van der Waals surface area (Å²) in [5.74, 6) is 0.883. The van der Waals surface area contributed by atoms with Crippen molar-refractivity contribution in [2.75, 3.05) is 31.3 Å². The van der Waals surface area contributed by atoms with E-state index >= 15 is 0 Å². The summed E-state index contributed by atoms with van der Waals surface area (Å²) in [6, 6.07) is 4.21. The fraction of sp³-hybridized carbons (Fsp3) is 0.429. The predicted molar refractivity (Wildman–Crippen MR) is 116 cm³/mol. The monoisotopic (exact) mass is 422 g/mol. The van der Waals surface area contributed by atoms with Crippen LogP contribution in [0.2, 0.25) is 0 Å². The van der Waals surface area contributed by atoms with Crippen molar-refractivity contribution in [3.8, 4) is 22.5 Å². The van der Waals surface area contributed by atoms with Crippen LogP contribution >= 0.6 is 0 Å². The smallest absolute Gasteiger partial charge is 0.167 e. The maximum Gasteiger partial charge on any atom is 0.167 e. The van der Waals surface area contributed by atoms with Crippen molar-refractivity contribution in [2.24, 2.45) is 0 Å². The van der Waals surface area contributed by atoms with Crippen molar-refractivity contribution in [2.45, 2.75) is 33.4 Å². The molecule has 4 aromatic heterocycles. The highest BCUT2D eigenvalue weighted by Gasteiger charge is 2.25. The minimum absolute atomic E-state index is 0.0371. The maximum absolute atomic E-state index is 9.42. The van der Waals surface area contributed by atoms with Crippen molar-refractivity contribution in [3.05, 3.63) is 35.9 Å². The van der Waals surface area contributed by atoms with Gasteiger partial charge in [0.05, 0.1) is 61.2 Å². The average Bonchev–Trinajstić information content (AvgIpc) is 3.48. The molecule has 2 N–H and O–H groups in total. The van der Waals surface area contributed by atoms with Crippen LogP contribution < -0.4 is 4.90 Å². The summed E-state index contributed by atoms with van der Waals surface area (Å²) >= 11 is 0. The van der Waals surface area contributed by atoms with Crippen LogP contribution in [-0.4, -0.2) is 72.1 Å². The van der Waals surface area contributed by atoms with Gasteiger partial charge in [0, 0.05) is 30.1 Å². The summed E-state index contributed by atoms with van der Waals surface area (Å²) in [4.78, 5) is 7.29. The highest BCUT2D eigenvalue weighted by Crippen LogP contribution is 2.33. The van der Waals surface area contributed by atoms with Gasteiger partial charge in [0.1, 0.15) is 5.82 Å². The maximum atomic E-state index is 9.42. The van der Waals surface area contributed by atoms with E-state index in [2.05, 4.69) is 38.3 Å². The first-order valence-electron chi connectivity index (χ1n) is 10.5. The second-order valence-corrected chi connectivity index (χ2v) is 7.87. The van der Waals surface area contributed by atoms with E-state index in [9.17, 15) is 5.11 Å². The number of aryl methyl sites for hydroxylation is 1. The third-order valence-electron chi connectivity index (χ3n) is 5.86. The number of ether oxygens (including phenoxy) is 1. The van der Waals surface area contributed by atoms with Crippen molar-refractivity contribution in [1.82, 2.24) is 34.6 Å². The van der Waals surface area contributed by atoms with E-state index in [1.807, 2.05) is 35.3 Å². The van der Waals surface area contributed by atoms with Crippen LogP contribution in [0.15, 0.2) is 24.5 Å². The molecule has 1 fully saturated rings. The molecule has 1 atom stereocenters. The van der Waals surface area contributed by atoms with Gasteiger partial charge in [-0.25, -0.2) is 9.50 Å². The molecule has 0 aliphatic carbocycles. The first kappa shape index (κ1) is 19.7. The van der Waals surface area contributed by atoms with Gasteiger partial charge < -0.3 is 14.7 Å². The molecule has 0 bridgehead atoms. The lowest BCUT2D eigenvalue weighted by molar-refractivity contribution is 0.0985. The highest BCUT2D eigenvalue weighted by atomic mass is 16.5. The Morgan fingerprint density at radius 3 is 2.94 bits per heavy atom. The third kappa shape index (κ3) is 3.28. The summed E-state index contributed by atoms with van der Waals surface area (Å²) in [7, 11) is 0. The van der Waals surface area contributed by atoms with Gasteiger partial charge in [-0.3, -0.25) is 9.78 Å². The molecule has 5 rings (SSSR count). The SMILES string of the molecule is Cc1nn(CCO)c(C)c1-c1cc(N2CCOC[C@H]2C)nc2c(-c3ccn[nH]3)cnn12. The molecule has 0 radical (unpaired) electrons. The lowest BCUT2D eigenvalue weighted by Crippen LogP contribution is -2.44. The van der Waals surface area contributed by atoms with Gasteiger partial charge in [-0.2, -0.15) is 15.3 Å². The number of nitrogens with zero attached hydrogens (tertiary/aromatic N) is 7. The molecule has 0 aromatic carbocycles. The van der Waals surface area contributed by atoms with Gasteiger partial charge in [-0.05, 0) is 26.8 Å². The predicted octanol–water partition coefficient (Wildman–Crippen LogP) is 1.82. The normalized spacial score (nSPS) is 17.0. The van der Waals surface area contributed by atoms with E-state index in [1.54, 1.807) is 6.20 Å². The number of rotatable bonds is 5. The molecule has 5 heterocycles. The number of fused-ring (bicyclic) bond motifs is 1. The van der Waals surface area contributed by atoms with Gasteiger partial charge in [-0.15, -0.1) is 0 Å². The van der Waals surface area contributed by atoms with Crippen LogP contribution in [0.1, 0.15) is 18.3 Å². The van der Waals surface area contributed by atoms with Crippen molar-refractivity contribution < 1.29 is 9.84 Å². The highest BCUT2D eigenvalue weighted by molar-refractivity contribution is 5.80. The fourth-order valence-corrected chi connectivity index (χ4v) is 4.32. The van der Waals surface area contributed by atoms with Crippen molar-refractivity contribution in [3.63, 3.8) is 0 Å². The molecule has 0 saturated carbocycles. The Morgan fingerprint density at radius 2 is 2.19 bits per heavy atom. The molecule has 0 spiro atoms. The minimum Gasteiger partial charge on any atom is -0.394 e. The van der Waals surface area contributed by atoms with Gasteiger partial charge in [0.15, 0.2) is 5.65 Å². The molecule has 31 heavy (non-hydrogen) atoms. The molecular formula is C21H26N8O2. The minimum atomic E-state index is 0.0371. The molecule has 1 aliphatic rings. The van der Waals surface area contributed by atoms with Crippen LogP contribution in [0.25, 0.3) is 28.2 Å². The van der Waals surface area contributed by atoms with Crippen LogP contribution in [0.3, 0.4) is 0 Å². The number of morpholine rings is 1. The largest absolute Gasteiger partial charge is 0.394 e. The quantitative estimate of drug-likeness (QED) is 0.505. The molecule has 10 heteroatoms. The topological polar surface area (TPSA) is 109 Å². The van der Waals surface area contributed by atoms with E-state index in [4.69, 9.17) is 9.72 Å². The molecule has 1 saturated heterocycles. The van der Waals surface area contributed by atoms with Crippen molar-refractivity contribution in [1.29, 1.82) is 0 Å². The lowest BCUT2D eigenvalue weighted by Gasteiger charge is -2.34. The average molecular weight is 422 g/mol. The summed E-state index contributed by atoms with van der Waals surface area (Å²) in [6.07, 6.45) is 3.54. The molecule has 1 aliphatic heterocycles. The Hall–Kier alpha value is -3.24. The second-order valence-electron chi connectivity index (χ2n) is 7.87. The van der Waals surface area contributed by atoms with Gasteiger partial charge in [0.2, 0.25) is 0 Å². The van der Waals surface area contributed by atoms with E-state index in [-0.39, 0.29) is 12.6 Å². The summed E-state index contributed by atoms with van der Waals surface area (Å²) < 4.78 is 9.34. The van der Waals surface area contributed by atoms with Gasteiger partial charge >= 0.3 is 0 Å². The zero-order valence-corrected chi connectivity index (χ0v) is 17.9. The summed E-state index contributed by atoms with van der Waals surface area (Å²) in [5, 5.41) is 25.8. The zero-order chi connectivity index (χ0) is 21.5. The van der Waals surface area contributed by atoms with Crippen LogP contribution in [-0.2, 0) is 11.3 Å². The Bertz CT molecular complexity index is 1210. The molecule has 162 valence electrons. The van der Waals surface area contributed by atoms with E-state index in [1.165, 1.54) is 0 Å². The number of hydrogen-bond donors (Lipinski definition) is 2. The molecule has 10 nitrogen and oxygen atoms in total. The van der Waals surface area contributed by atoms with Crippen molar-refractivity contribution >= 4 is 11.5 Å². The zero-order valence-electron chi connectivity index (χ0n) is 17.9. The first-order chi connectivity index (χ1) is 15.1. The van der Waals surface area contributed by atoms with Gasteiger partial charge in [-0.1, -0.05) is 0 Å². The van der Waals surface area contributed by atoms with Gasteiger partial charge in [0.25, 0.3) is 0 Å². The number of aromatic nitrogens is 7. The summed E-state index contributed by atoms with van der Waals surface area (Å²) in [6.45, 7) is 8.76. The fourth-order valence-electron chi connectivity index (χ4n) is 4.32. The number of aliphatic hydroxyl groups excluding tert-OH is 1.